The first-order chi connectivity index (χ1) is 10.6. The first-order valence-corrected chi connectivity index (χ1v) is 7.34. The number of amides is 1. The minimum absolute atomic E-state index is 0.0133. The second-order valence-electron chi connectivity index (χ2n) is 5.71. The molecule has 0 aliphatic rings. The first-order valence-electron chi connectivity index (χ1n) is 7.34. The van der Waals surface area contributed by atoms with Gasteiger partial charge in [0.2, 0.25) is 0 Å². The Morgan fingerprint density at radius 3 is 2.86 bits per heavy atom. The Balaban J connectivity index is 1.75. The van der Waals surface area contributed by atoms with Gasteiger partial charge in [0.25, 0.3) is 5.91 Å². The summed E-state index contributed by atoms with van der Waals surface area (Å²) in [5.74, 6) is 0.188. The van der Waals surface area contributed by atoms with Gasteiger partial charge in [-0.05, 0) is 18.1 Å². The highest BCUT2D eigenvalue weighted by molar-refractivity contribution is 5.98. The number of aromatic amines is 1. The van der Waals surface area contributed by atoms with Crippen molar-refractivity contribution in [1.82, 2.24) is 25.1 Å². The third-order valence-electron chi connectivity index (χ3n) is 3.75. The molecule has 1 amide bonds. The molecule has 3 aromatic rings. The van der Waals surface area contributed by atoms with Crippen molar-refractivity contribution in [1.29, 1.82) is 0 Å². The second-order valence-corrected chi connectivity index (χ2v) is 5.71. The number of H-pyrrole nitrogens is 1. The van der Waals surface area contributed by atoms with Crippen molar-refractivity contribution in [3.63, 3.8) is 0 Å². The second kappa shape index (κ2) is 6.01. The number of carbonyl (C=O) groups is 1. The fourth-order valence-corrected chi connectivity index (χ4v) is 2.39. The van der Waals surface area contributed by atoms with Gasteiger partial charge in [0.1, 0.15) is 18.3 Å². The Hall–Kier alpha value is -2.63. The number of benzene rings is 1. The van der Waals surface area contributed by atoms with Gasteiger partial charge in [0, 0.05) is 10.9 Å². The lowest BCUT2D eigenvalue weighted by Gasteiger charge is -2.21. The SMILES string of the molecule is CC(C)[C@@H](Cn1cncn1)NC(=O)c1cc2ccccc2[nH]1. The van der Waals surface area contributed by atoms with Crippen LogP contribution in [0.4, 0.5) is 0 Å². The molecule has 0 bridgehead atoms. The molecule has 0 spiro atoms. The molecule has 3 rings (SSSR count). The average molecular weight is 297 g/mol. The number of nitrogens with one attached hydrogen (secondary N) is 2. The molecule has 2 N–H and O–H groups in total. The van der Waals surface area contributed by atoms with Crippen molar-refractivity contribution in [3.05, 3.63) is 48.7 Å². The molecule has 0 aliphatic heterocycles. The molecule has 22 heavy (non-hydrogen) atoms. The summed E-state index contributed by atoms with van der Waals surface area (Å²) in [7, 11) is 0. The van der Waals surface area contributed by atoms with Crippen LogP contribution in [0.3, 0.4) is 0 Å². The average Bonchev–Trinajstić information content (AvgIpc) is 3.15. The first kappa shape index (κ1) is 14.3. The van der Waals surface area contributed by atoms with Crippen LogP contribution in [0.2, 0.25) is 0 Å². The van der Waals surface area contributed by atoms with E-state index >= 15 is 0 Å². The summed E-state index contributed by atoms with van der Waals surface area (Å²) >= 11 is 0. The predicted octanol–water partition coefficient (Wildman–Crippen LogP) is 2.21. The Kier molecular flexibility index (Phi) is 3.91. The zero-order valence-corrected chi connectivity index (χ0v) is 12.7. The lowest BCUT2D eigenvalue weighted by Crippen LogP contribution is -2.41. The van der Waals surface area contributed by atoms with Gasteiger partial charge in [-0.25, -0.2) is 4.98 Å². The maximum absolute atomic E-state index is 12.5. The van der Waals surface area contributed by atoms with Gasteiger partial charge in [-0.15, -0.1) is 0 Å². The molecule has 6 heteroatoms. The van der Waals surface area contributed by atoms with Crippen LogP contribution < -0.4 is 5.32 Å². The number of nitrogens with zero attached hydrogens (tertiary/aromatic N) is 3. The van der Waals surface area contributed by atoms with E-state index in [-0.39, 0.29) is 17.9 Å². The molecule has 1 aromatic carbocycles. The van der Waals surface area contributed by atoms with E-state index in [1.165, 1.54) is 6.33 Å². The lowest BCUT2D eigenvalue weighted by atomic mass is 10.0. The van der Waals surface area contributed by atoms with E-state index in [0.717, 1.165) is 10.9 Å². The smallest absolute Gasteiger partial charge is 0.268 e. The number of fused-ring (bicyclic) bond motifs is 1. The van der Waals surface area contributed by atoms with Crippen molar-refractivity contribution < 1.29 is 4.79 Å². The third-order valence-corrected chi connectivity index (χ3v) is 3.75. The van der Waals surface area contributed by atoms with Crippen molar-refractivity contribution in [2.45, 2.75) is 26.4 Å². The van der Waals surface area contributed by atoms with E-state index < -0.39 is 0 Å². The van der Waals surface area contributed by atoms with Crippen molar-refractivity contribution in [2.75, 3.05) is 0 Å². The summed E-state index contributed by atoms with van der Waals surface area (Å²) in [4.78, 5) is 19.6. The summed E-state index contributed by atoms with van der Waals surface area (Å²) < 4.78 is 1.73. The molecule has 0 aliphatic carbocycles. The molecule has 0 saturated heterocycles. The molecule has 0 saturated carbocycles. The van der Waals surface area contributed by atoms with Gasteiger partial charge in [-0.1, -0.05) is 32.0 Å². The van der Waals surface area contributed by atoms with E-state index in [2.05, 4.69) is 34.2 Å². The number of hydrogen-bond donors (Lipinski definition) is 2. The maximum atomic E-state index is 12.5. The molecular formula is C16H19N5O. The van der Waals surface area contributed by atoms with Crippen LogP contribution in [0.15, 0.2) is 43.0 Å². The zero-order valence-electron chi connectivity index (χ0n) is 12.7. The van der Waals surface area contributed by atoms with E-state index in [0.29, 0.717) is 12.2 Å². The molecule has 0 fully saturated rings. The fraction of sp³-hybridized carbons (Fsp3) is 0.312. The molecule has 1 atom stereocenters. The highest BCUT2D eigenvalue weighted by atomic mass is 16.2. The number of aromatic nitrogens is 4. The van der Waals surface area contributed by atoms with Crippen LogP contribution in [-0.2, 0) is 6.54 Å². The van der Waals surface area contributed by atoms with Gasteiger partial charge >= 0.3 is 0 Å². The van der Waals surface area contributed by atoms with E-state index in [4.69, 9.17) is 0 Å². The highest BCUT2D eigenvalue weighted by Gasteiger charge is 2.19. The third kappa shape index (κ3) is 3.00. The van der Waals surface area contributed by atoms with Crippen LogP contribution >= 0.6 is 0 Å². The summed E-state index contributed by atoms with van der Waals surface area (Å²) in [5.41, 5.74) is 1.54. The minimum atomic E-state index is -0.102. The van der Waals surface area contributed by atoms with Crippen molar-refractivity contribution >= 4 is 16.8 Å². The Labute approximate surface area is 128 Å². The normalized spacial score (nSPS) is 12.7. The quantitative estimate of drug-likeness (QED) is 0.758. The molecule has 2 heterocycles. The number of rotatable bonds is 5. The topological polar surface area (TPSA) is 75.6 Å². The summed E-state index contributed by atoms with van der Waals surface area (Å²) in [6.07, 6.45) is 3.15. The highest BCUT2D eigenvalue weighted by Crippen LogP contribution is 2.15. The van der Waals surface area contributed by atoms with Crippen LogP contribution in [-0.4, -0.2) is 31.7 Å². The number of para-hydroxylation sites is 1. The molecule has 6 nitrogen and oxygen atoms in total. The summed E-state index contributed by atoms with van der Waals surface area (Å²) in [5, 5.41) is 8.21. The van der Waals surface area contributed by atoms with Gasteiger partial charge in [0.15, 0.2) is 0 Å². The predicted molar refractivity (Wildman–Crippen MR) is 84.4 cm³/mol. The zero-order chi connectivity index (χ0) is 15.5. The molecular weight excluding hydrogens is 278 g/mol. The maximum Gasteiger partial charge on any atom is 0.268 e. The van der Waals surface area contributed by atoms with E-state index in [1.807, 2.05) is 30.3 Å². The lowest BCUT2D eigenvalue weighted by molar-refractivity contribution is 0.0915. The molecule has 0 radical (unpaired) electrons. The monoisotopic (exact) mass is 297 g/mol. The van der Waals surface area contributed by atoms with Crippen LogP contribution in [0.5, 0.6) is 0 Å². The Morgan fingerprint density at radius 2 is 2.18 bits per heavy atom. The Morgan fingerprint density at radius 1 is 1.36 bits per heavy atom. The van der Waals surface area contributed by atoms with Gasteiger partial charge < -0.3 is 10.3 Å². The Bertz CT molecular complexity index is 727. The summed E-state index contributed by atoms with van der Waals surface area (Å²) in [6.45, 7) is 4.75. The molecule has 2 aromatic heterocycles. The summed E-state index contributed by atoms with van der Waals surface area (Å²) in [6, 6.07) is 9.71. The molecule has 114 valence electrons. The van der Waals surface area contributed by atoms with Crippen LogP contribution in [0, 0.1) is 5.92 Å². The van der Waals surface area contributed by atoms with E-state index in [9.17, 15) is 4.79 Å². The fourth-order valence-electron chi connectivity index (χ4n) is 2.39. The minimum Gasteiger partial charge on any atom is -0.351 e. The van der Waals surface area contributed by atoms with Crippen molar-refractivity contribution in [3.8, 4) is 0 Å². The van der Waals surface area contributed by atoms with Gasteiger partial charge in [-0.2, -0.15) is 5.10 Å². The largest absolute Gasteiger partial charge is 0.351 e. The van der Waals surface area contributed by atoms with E-state index in [1.54, 1.807) is 11.0 Å². The number of hydrogen-bond acceptors (Lipinski definition) is 3. The van der Waals surface area contributed by atoms with Crippen molar-refractivity contribution in [2.24, 2.45) is 5.92 Å². The van der Waals surface area contributed by atoms with Crippen LogP contribution in [0.1, 0.15) is 24.3 Å². The molecule has 0 unspecified atom stereocenters. The standard InChI is InChI=1S/C16H19N5O/c1-11(2)15(8-21-10-17-9-18-21)20-16(22)14-7-12-5-3-4-6-13(12)19-14/h3-7,9-11,15,19H,8H2,1-2H3,(H,20,22)/t15-/m1/s1. The van der Waals surface area contributed by atoms with Crippen LogP contribution in [0.25, 0.3) is 10.9 Å². The number of carbonyl (C=O) groups excluding carboxylic acids is 1. The van der Waals surface area contributed by atoms with Gasteiger partial charge in [-0.3, -0.25) is 9.48 Å². The van der Waals surface area contributed by atoms with Gasteiger partial charge in [0.05, 0.1) is 12.6 Å².